The van der Waals surface area contributed by atoms with Gasteiger partial charge in [-0.05, 0) is 85.8 Å². The summed E-state index contributed by atoms with van der Waals surface area (Å²) in [6, 6.07) is 57.3. The summed E-state index contributed by atoms with van der Waals surface area (Å²) in [5.41, 5.74) is 11.5. The van der Waals surface area contributed by atoms with E-state index in [-0.39, 0.29) is 37.3 Å². The van der Waals surface area contributed by atoms with Crippen LogP contribution in [0.3, 0.4) is 0 Å². The van der Waals surface area contributed by atoms with E-state index in [2.05, 4.69) is 255 Å². The Kier molecular flexibility index (Phi) is 12.0. The molecule has 0 radical (unpaired) electrons. The van der Waals surface area contributed by atoms with Crippen LogP contribution >= 0.6 is 0 Å². The van der Waals surface area contributed by atoms with Crippen LogP contribution in [-0.4, -0.2) is 9.55 Å². The molecule has 65 heavy (non-hydrogen) atoms. The van der Waals surface area contributed by atoms with Crippen LogP contribution in [0.15, 0.2) is 152 Å². The van der Waals surface area contributed by atoms with Gasteiger partial charge in [0.2, 0.25) is 0 Å². The topological polar surface area (TPSA) is 33.5 Å². The van der Waals surface area contributed by atoms with E-state index in [1.54, 1.807) is 0 Å². The third kappa shape index (κ3) is 8.93. The van der Waals surface area contributed by atoms with Gasteiger partial charge in [-0.1, -0.05) is 178 Å². The Morgan fingerprint density at radius 2 is 1.18 bits per heavy atom. The smallest absolute Gasteiger partial charge is 0.135 e. The van der Waals surface area contributed by atoms with Gasteiger partial charge in [0.05, 0.1) is 0 Å². The molecule has 0 spiro atoms. The van der Waals surface area contributed by atoms with Gasteiger partial charge >= 0.3 is 0 Å². The molecule has 0 saturated carbocycles. The van der Waals surface area contributed by atoms with E-state index >= 15 is 0 Å². The molecule has 5 nitrogen and oxygen atoms in total. The van der Waals surface area contributed by atoms with Gasteiger partial charge in [-0.15, -0.1) is 53.8 Å². The first kappa shape index (κ1) is 45.7. The van der Waals surface area contributed by atoms with Crippen molar-refractivity contribution in [1.29, 1.82) is 0 Å². The minimum absolute atomic E-state index is 0. The van der Waals surface area contributed by atoms with Crippen LogP contribution in [0, 0.1) is 18.8 Å². The predicted molar refractivity (Wildman–Crippen MR) is 268 cm³/mol. The fourth-order valence-corrected chi connectivity index (χ4v) is 8.76. The average molecular weight is 1040 g/mol. The molecule has 0 unspecified atom stereocenters. The van der Waals surface area contributed by atoms with Crippen molar-refractivity contribution >= 4 is 38.9 Å². The fraction of sp³-hybridized carbons (Fsp3) is 0.254. The number of hydrogen-bond donors (Lipinski definition) is 0. The molecule has 8 aromatic rings. The summed E-state index contributed by atoms with van der Waals surface area (Å²) in [5, 5.41) is 2.28. The monoisotopic (exact) mass is 1030 g/mol. The Bertz CT molecular complexity index is 3030. The molecular weight excluding hydrogens is 976 g/mol. The van der Waals surface area contributed by atoms with Crippen LogP contribution in [-0.2, 0) is 42.7 Å². The van der Waals surface area contributed by atoms with E-state index in [9.17, 15) is 0 Å². The van der Waals surface area contributed by atoms with Crippen molar-refractivity contribution in [2.75, 3.05) is 9.80 Å². The van der Waals surface area contributed by atoms with Gasteiger partial charge in [0, 0.05) is 55.7 Å². The first-order chi connectivity index (χ1) is 30.4. The van der Waals surface area contributed by atoms with Crippen LogP contribution in [0.1, 0.15) is 110 Å². The zero-order valence-electron chi connectivity index (χ0n) is 39.5. The van der Waals surface area contributed by atoms with E-state index in [1.165, 1.54) is 16.7 Å². The number of para-hydroxylation sites is 1. The molecule has 0 aliphatic carbocycles. The standard InChI is InChI=1S/C59H59N4O.Pt/c1-56(2,3)42-25-20-26-45(31-42)62-39-61(38-53(62)40-21-14-12-15-22-40)46-32-44(58(7,8)9)33-47(35-46)64-48-36-50(59(10,11)41-23-16-13-17-24-41)55-49-27-18-19-28-51(49)63(52(55)37-48)54-34-43(29-30-60-54)57(4,5)6;/h12-34,36,38-39H,1-11H3;/q-3;. The number of aromatic nitrogens is 2. The quantitative estimate of drug-likeness (QED) is 0.142. The minimum atomic E-state index is -0.401. The summed E-state index contributed by atoms with van der Waals surface area (Å²) >= 11 is 0. The number of pyridine rings is 1. The maximum absolute atomic E-state index is 7.12. The van der Waals surface area contributed by atoms with Gasteiger partial charge in [-0.3, -0.25) is 0 Å². The predicted octanol–water partition coefficient (Wildman–Crippen LogP) is 15.2. The van der Waals surface area contributed by atoms with Gasteiger partial charge in [0.15, 0.2) is 0 Å². The Hall–Kier alpha value is -5.90. The molecule has 0 N–H and O–H groups in total. The number of benzene rings is 6. The van der Waals surface area contributed by atoms with Gasteiger partial charge in [0.25, 0.3) is 0 Å². The third-order valence-electron chi connectivity index (χ3n) is 12.7. The molecular formula is C59H59N4OPt-3. The zero-order valence-corrected chi connectivity index (χ0v) is 41.8. The van der Waals surface area contributed by atoms with Crippen molar-refractivity contribution in [2.45, 2.75) is 97.8 Å². The van der Waals surface area contributed by atoms with Crippen molar-refractivity contribution < 1.29 is 25.8 Å². The molecule has 0 bridgehead atoms. The van der Waals surface area contributed by atoms with E-state index in [0.717, 1.165) is 61.4 Å². The third-order valence-corrected chi connectivity index (χ3v) is 12.7. The molecule has 0 saturated heterocycles. The van der Waals surface area contributed by atoms with E-state index in [4.69, 9.17) is 9.72 Å². The molecule has 0 atom stereocenters. The first-order valence-corrected chi connectivity index (χ1v) is 22.4. The maximum Gasteiger partial charge on any atom is 0.135 e. The van der Waals surface area contributed by atoms with Crippen LogP contribution in [0.4, 0.5) is 11.4 Å². The van der Waals surface area contributed by atoms with E-state index < -0.39 is 5.41 Å². The molecule has 9 rings (SSSR count). The van der Waals surface area contributed by atoms with Crippen molar-refractivity contribution in [3.63, 3.8) is 0 Å². The number of fused-ring (bicyclic) bond motifs is 3. The Morgan fingerprint density at radius 3 is 1.88 bits per heavy atom. The summed E-state index contributed by atoms with van der Waals surface area (Å²) < 4.78 is 9.38. The van der Waals surface area contributed by atoms with Crippen LogP contribution < -0.4 is 14.5 Å². The number of nitrogens with zero attached hydrogens (tertiary/aromatic N) is 4. The molecule has 0 fully saturated rings. The SMILES string of the molecule is CC(C)(C)c1cc(Oc2[c-]c3c(c(C(C)(C)c4ccccc4)c2)c2ccccc2n3-c2cc(C(C)(C)C)ccn2)[c-]c(N2C=C(c3ccccc3)N(c3cccc(C(C)(C)C)c3)[CH-]2)c1.[Pt]. The van der Waals surface area contributed by atoms with Crippen molar-refractivity contribution in [2.24, 2.45) is 0 Å². The molecule has 1 aliphatic rings. The van der Waals surface area contributed by atoms with Gasteiger partial charge in [-0.2, -0.15) is 0 Å². The number of ether oxygens (including phenoxy) is 1. The molecule has 2 aromatic heterocycles. The number of hydrogen-bond acceptors (Lipinski definition) is 4. The number of rotatable bonds is 8. The zero-order chi connectivity index (χ0) is 45.2. The first-order valence-electron chi connectivity index (χ1n) is 22.4. The summed E-state index contributed by atoms with van der Waals surface area (Å²) in [7, 11) is 0. The van der Waals surface area contributed by atoms with E-state index in [0.29, 0.717) is 11.5 Å². The van der Waals surface area contributed by atoms with Crippen molar-refractivity contribution in [3.8, 4) is 17.3 Å². The summed E-state index contributed by atoms with van der Waals surface area (Å²) in [5.74, 6) is 2.08. The van der Waals surface area contributed by atoms with Crippen LogP contribution in [0.25, 0.3) is 33.3 Å². The summed E-state index contributed by atoms with van der Waals surface area (Å²) in [6.45, 7) is 27.0. The molecule has 1 aliphatic heterocycles. The van der Waals surface area contributed by atoms with Crippen molar-refractivity contribution in [1.82, 2.24) is 9.55 Å². The van der Waals surface area contributed by atoms with Gasteiger partial charge < -0.3 is 19.1 Å². The summed E-state index contributed by atoms with van der Waals surface area (Å²) in [4.78, 5) is 9.46. The minimum Gasteiger partial charge on any atom is -0.509 e. The van der Waals surface area contributed by atoms with Gasteiger partial charge in [-0.25, -0.2) is 4.98 Å². The molecule has 6 aromatic carbocycles. The second kappa shape index (κ2) is 17.1. The molecule has 3 heterocycles. The molecule has 6 heteroatoms. The Morgan fingerprint density at radius 1 is 0.569 bits per heavy atom. The van der Waals surface area contributed by atoms with Crippen LogP contribution in [0.2, 0.25) is 0 Å². The Labute approximate surface area is 401 Å². The van der Waals surface area contributed by atoms with Crippen LogP contribution in [0.5, 0.6) is 11.5 Å². The average Bonchev–Trinajstić information content (AvgIpc) is 3.86. The molecule has 334 valence electrons. The maximum atomic E-state index is 7.12. The number of anilines is 2. The van der Waals surface area contributed by atoms with E-state index in [1.807, 2.05) is 6.20 Å². The molecule has 0 amide bonds. The fourth-order valence-electron chi connectivity index (χ4n) is 8.76. The van der Waals surface area contributed by atoms with Gasteiger partial charge in [0.1, 0.15) is 5.82 Å². The van der Waals surface area contributed by atoms with Crippen molar-refractivity contribution in [3.05, 3.63) is 204 Å². The summed E-state index contributed by atoms with van der Waals surface area (Å²) in [6.07, 6.45) is 4.13. The normalized spacial score (nSPS) is 13.6. The second-order valence-corrected chi connectivity index (χ2v) is 20.8. The second-order valence-electron chi connectivity index (χ2n) is 20.8. The Balaban J connectivity index is 0.00000576. The largest absolute Gasteiger partial charge is 0.509 e.